The summed E-state index contributed by atoms with van der Waals surface area (Å²) in [4.78, 5) is 28.2. The van der Waals surface area contributed by atoms with Crippen LogP contribution in [0.3, 0.4) is 0 Å². The summed E-state index contributed by atoms with van der Waals surface area (Å²) in [6, 6.07) is 20.6. The lowest BCUT2D eigenvalue weighted by Crippen LogP contribution is -2.51. The second-order valence-corrected chi connectivity index (χ2v) is 11.3. The van der Waals surface area contributed by atoms with Gasteiger partial charge in [-0.3, -0.25) is 13.9 Å². The van der Waals surface area contributed by atoms with E-state index in [4.69, 9.17) is 16.3 Å². The zero-order chi connectivity index (χ0) is 28.4. The van der Waals surface area contributed by atoms with Crippen molar-refractivity contribution in [2.24, 2.45) is 0 Å². The number of sulfonamides is 1. The van der Waals surface area contributed by atoms with Crippen LogP contribution in [0.15, 0.2) is 83.8 Å². The average Bonchev–Trinajstić information content (AvgIpc) is 2.95. The molecule has 0 saturated carbocycles. The molecule has 0 saturated heterocycles. The van der Waals surface area contributed by atoms with Crippen LogP contribution in [-0.2, 0) is 26.2 Å². The number of rotatable bonds is 13. The van der Waals surface area contributed by atoms with Gasteiger partial charge in [0.1, 0.15) is 18.3 Å². The van der Waals surface area contributed by atoms with E-state index in [1.54, 1.807) is 43.3 Å². The van der Waals surface area contributed by atoms with Gasteiger partial charge in [0.2, 0.25) is 11.8 Å². The van der Waals surface area contributed by atoms with Crippen LogP contribution >= 0.6 is 11.6 Å². The molecule has 39 heavy (non-hydrogen) atoms. The van der Waals surface area contributed by atoms with E-state index in [9.17, 15) is 18.0 Å². The minimum atomic E-state index is -4.17. The molecule has 0 aliphatic carbocycles. The number of nitrogens with zero attached hydrogens (tertiary/aromatic N) is 2. The fraction of sp³-hybridized carbons (Fsp3) is 0.310. The molecule has 8 nitrogen and oxygen atoms in total. The Balaban J connectivity index is 1.98. The largest absolute Gasteiger partial charge is 0.497 e. The monoisotopic (exact) mass is 571 g/mol. The van der Waals surface area contributed by atoms with Crippen LogP contribution in [0.4, 0.5) is 5.69 Å². The third-order valence-corrected chi connectivity index (χ3v) is 8.27. The van der Waals surface area contributed by atoms with Gasteiger partial charge in [0.15, 0.2) is 0 Å². The molecule has 2 amide bonds. The summed E-state index contributed by atoms with van der Waals surface area (Å²) in [6.45, 7) is 3.78. The van der Waals surface area contributed by atoms with E-state index in [1.807, 2.05) is 37.3 Å². The van der Waals surface area contributed by atoms with Gasteiger partial charge in [-0.05, 0) is 67.4 Å². The zero-order valence-electron chi connectivity index (χ0n) is 22.3. The van der Waals surface area contributed by atoms with Crippen molar-refractivity contribution < 1.29 is 22.7 Å². The molecule has 1 atom stereocenters. The molecule has 10 heteroatoms. The topological polar surface area (TPSA) is 96.0 Å². The normalized spacial score (nSPS) is 11.9. The Kier molecular flexibility index (Phi) is 10.8. The second kappa shape index (κ2) is 14.0. The molecule has 0 unspecified atom stereocenters. The first kappa shape index (κ1) is 30.0. The quantitative estimate of drug-likeness (QED) is 0.295. The van der Waals surface area contributed by atoms with Crippen molar-refractivity contribution in [2.45, 2.75) is 44.2 Å². The lowest BCUT2D eigenvalue weighted by Gasteiger charge is -2.32. The van der Waals surface area contributed by atoms with E-state index in [-0.39, 0.29) is 23.0 Å². The van der Waals surface area contributed by atoms with Crippen LogP contribution in [0.5, 0.6) is 5.75 Å². The number of amides is 2. The van der Waals surface area contributed by atoms with Crippen LogP contribution in [0.2, 0.25) is 5.02 Å². The predicted octanol–water partition coefficient (Wildman–Crippen LogP) is 4.88. The first-order valence-corrected chi connectivity index (χ1v) is 14.5. The SMILES string of the molecule is CCCCNC(=O)[C@@H](C)N(Cc1ccccc1)C(=O)CN(c1ccc(Cl)cc1)S(=O)(=O)c1ccc(OC)cc1. The number of carbonyl (C=O) groups excluding carboxylic acids is 2. The van der Waals surface area contributed by atoms with Crippen LogP contribution in [-0.4, -0.2) is 51.4 Å². The summed E-state index contributed by atoms with van der Waals surface area (Å²) >= 11 is 6.05. The van der Waals surface area contributed by atoms with Crippen molar-refractivity contribution in [3.63, 3.8) is 0 Å². The minimum Gasteiger partial charge on any atom is -0.497 e. The molecule has 1 N–H and O–H groups in total. The van der Waals surface area contributed by atoms with Crippen LogP contribution < -0.4 is 14.4 Å². The molecule has 0 fully saturated rings. The van der Waals surface area contributed by atoms with Gasteiger partial charge in [0.05, 0.1) is 17.7 Å². The number of benzene rings is 3. The summed E-state index contributed by atoms with van der Waals surface area (Å²) in [5.41, 5.74) is 1.08. The fourth-order valence-corrected chi connectivity index (χ4v) is 5.45. The highest BCUT2D eigenvalue weighted by atomic mass is 35.5. The van der Waals surface area contributed by atoms with E-state index < -0.39 is 28.5 Å². The Hall–Kier alpha value is -3.56. The lowest BCUT2D eigenvalue weighted by atomic mass is 10.1. The highest BCUT2D eigenvalue weighted by Gasteiger charge is 2.32. The molecule has 208 valence electrons. The third-order valence-electron chi connectivity index (χ3n) is 6.23. The standard InChI is InChI=1S/C29H34ClN3O5S/c1-4-5-19-31-29(35)22(2)32(20-23-9-7-6-8-10-23)28(34)21-33(25-13-11-24(30)12-14-25)39(36,37)27-17-15-26(38-3)16-18-27/h6-18,22H,4-5,19-21H2,1-3H3,(H,31,35)/t22-/m1/s1. The Morgan fingerprint density at radius 2 is 1.62 bits per heavy atom. The Bertz CT molecular complexity index is 1330. The first-order valence-electron chi connectivity index (χ1n) is 12.7. The molecule has 0 aliphatic heterocycles. The van der Waals surface area contributed by atoms with Gasteiger partial charge in [-0.25, -0.2) is 8.42 Å². The molecule has 0 spiro atoms. The smallest absolute Gasteiger partial charge is 0.264 e. The number of halogens is 1. The molecule has 0 radical (unpaired) electrons. The van der Waals surface area contributed by atoms with Gasteiger partial charge in [-0.2, -0.15) is 0 Å². The number of nitrogens with one attached hydrogen (secondary N) is 1. The van der Waals surface area contributed by atoms with Gasteiger partial charge >= 0.3 is 0 Å². The highest BCUT2D eigenvalue weighted by Crippen LogP contribution is 2.27. The average molecular weight is 572 g/mol. The van der Waals surface area contributed by atoms with Crippen molar-refractivity contribution in [1.82, 2.24) is 10.2 Å². The molecule has 0 aromatic heterocycles. The molecule has 0 bridgehead atoms. The van der Waals surface area contributed by atoms with E-state index in [0.29, 0.717) is 17.3 Å². The molecule has 3 aromatic rings. The summed E-state index contributed by atoms with van der Waals surface area (Å²) < 4.78 is 33.8. The van der Waals surface area contributed by atoms with Crippen molar-refractivity contribution >= 4 is 39.1 Å². The van der Waals surface area contributed by atoms with Crippen molar-refractivity contribution in [3.8, 4) is 5.75 Å². The summed E-state index contributed by atoms with van der Waals surface area (Å²) in [5.74, 6) is -0.326. The Morgan fingerprint density at radius 1 is 0.974 bits per heavy atom. The number of methoxy groups -OCH3 is 1. The van der Waals surface area contributed by atoms with Crippen LogP contribution in [0.25, 0.3) is 0 Å². The van der Waals surface area contributed by atoms with Crippen molar-refractivity contribution in [3.05, 3.63) is 89.4 Å². The van der Waals surface area contributed by atoms with E-state index in [0.717, 1.165) is 22.7 Å². The number of carbonyl (C=O) groups is 2. The number of hydrogen-bond donors (Lipinski definition) is 1. The Morgan fingerprint density at radius 3 is 2.21 bits per heavy atom. The molecular weight excluding hydrogens is 538 g/mol. The summed E-state index contributed by atoms with van der Waals surface area (Å²) in [6.07, 6.45) is 1.73. The molecule has 0 aliphatic rings. The van der Waals surface area contributed by atoms with Gasteiger partial charge in [0.25, 0.3) is 10.0 Å². The summed E-state index contributed by atoms with van der Waals surface area (Å²) in [5, 5.41) is 3.30. The second-order valence-electron chi connectivity index (χ2n) is 8.99. The maximum absolute atomic E-state index is 13.8. The first-order chi connectivity index (χ1) is 18.7. The zero-order valence-corrected chi connectivity index (χ0v) is 23.9. The maximum Gasteiger partial charge on any atom is 0.264 e. The van der Waals surface area contributed by atoms with Crippen LogP contribution in [0.1, 0.15) is 32.3 Å². The molecule has 3 aromatic carbocycles. The van der Waals surface area contributed by atoms with E-state index in [2.05, 4.69) is 5.32 Å². The van der Waals surface area contributed by atoms with Gasteiger partial charge in [0, 0.05) is 18.1 Å². The third kappa shape index (κ3) is 7.97. The maximum atomic E-state index is 13.8. The molecule has 0 heterocycles. The molecular formula is C29H34ClN3O5S. The highest BCUT2D eigenvalue weighted by molar-refractivity contribution is 7.92. The van der Waals surface area contributed by atoms with Crippen LogP contribution in [0, 0.1) is 0 Å². The number of hydrogen-bond acceptors (Lipinski definition) is 5. The number of unbranched alkanes of at least 4 members (excludes halogenated alkanes) is 1. The van der Waals surface area contributed by atoms with E-state index >= 15 is 0 Å². The van der Waals surface area contributed by atoms with Gasteiger partial charge in [-0.15, -0.1) is 0 Å². The Labute approximate surface area is 235 Å². The van der Waals surface area contributed by atoms with Crippen molar-refractivity contribution in [1.29, 1.82) is 0 Å². The lowest BCUT2D eigenvalue weighted by molar-refractivity contribution is -0.139. The van der Waals surface area contributed by atoms with Gasteiger partial charge in [-0.1, -0.05) is 55.3 Å². The summed E-state index contributed by atoms with van der Waals surface area (Å²) in [7, 11) is -2.68. The van der Waals surface area contributed by atoms with Gasteiger partial charge < -0.3 is 15.0 Å². The fourth-order valence-electron chi connectivity index (χ4n) is 3.91. The molecule has 3 rings (SSSR count). The minimum absolute atomic E-state index is 0.00832. The predicted molar refractivity (Wildman–Crippen MR) is 153 cm³/mol. The number of ether oxygens (including phenoxy) is 1. The van der Waals surface area contributed by atoms with Crippen molar-refractivity contribution in [2.75, 3.05) is 24.5 Å². The number of anilines is 1. The van der Waals surface area contributed by atoms with E-state index in [1.165, 1.54) is 24.1 Å².